The maximum absolute atomic E-state index is 11.1. The standard InChI is InChI=1S/C38H44N10O4/c1-37(2)29(16-31(37)50)45-33-24(18-39)20-44-36(47-33)42-14-12-23-7-8-26(15-28(23)52-4)38(3)30(17-32(38)51)46-34-25(19-40)21-43-35(48-34)41-13-11-22-5-9-27(49)10-6-22/h5-10,15,20-21,29-32,49-51H,11-14,16-17H2,1-4H3,(H2,41,43,46,48)(H2,42,44,45,47)/t29-,30-,31+,32+,38?/m1/s1. The van der Waals surface area contributed by atoms with Crippen LogP contribution in [0.3, 0.4) is 0 Å². The first-order valence-electron chi connectivity index (χ1n) is 17.3. The normalized spacial score (nSPS) is 22.8. The second kappa shape index (κ2) is 14.9. The number of phenols is 1. The van der Waals surface area contributed by atoms with Gasteiger partial charge in [0.25, 0.3) is 0 Å². The molecular formula is C38H44N10O4. The van der Waals surface area contributed by atoms with E-state index >= 15 is 0 Å². The van der Waals surface area contributed by atoms with Crippen molar-refractivity contribution < 1.29 is 20.1 Å². The Morgan fingerprint density at radius 2 is 1.38 bits per heavy atom. The molecule has 0 amide bonds. The fraction of sp³-hybridized carbons (Fsp3) is 0.421. The fourth-order valence-corrected chi connectivity index (χ4v) is 6.76. The summed E-state index contributed by atoms with van der Waals surface area (Å²) >= 11 is 0. The fourth-order valence-electron chi connectivity index (χ4n) is 6.76. The van der Waals surface area contributed by atoms with Gasteiger partial charge in [-0.1, -0.05) is 45.0 Å². The summed E-state index contributed by atoms with van der Waals surface area (Å²) in [7, 11) is 1.61. The summed E-state index contributed by atoms with van der Waals surface area (Å²) in [6.45, 7) is 6.99. The Morgan fingerprint density at radius 3 is 1.92 bits per heavy atom. The van der Waals surface area contributed by atoms with Gasteiger partial charge in [0.1, 0.15) is 46.4 Å². The molecule has 0 bridgehead atoms. The number of methoxy groups -OCH3 is 1. The van der Waals surface area contributed by atoms with E-state index in [2.05, 4.69) is 53.3 Å². The van der Waals surface area contributed by atoms with Gasteiger partial charge in [-0.15, -0.1) is 0 Å². The number of aromatic nitrogens is 4. The van der Waals surface area contributed by atoms with Gasteiger partial charge in [-0.2, -0.15) is 20.5 Å². The van der Waals surface area contributed by atoms with Gasteiger partial charge in [-0.05, 0) is 60.6 Å². The number of hydrogen-bond acceptors (Lipinski definition) is 14. The van der Waals surface area contributed by atoms with Crippen LogP contribution in [0.2, 0.25) is 0 Å². The van der Waals surface area contributed by atoms with Crippen LogP contribution in [-0.4, -0.2) is 79.7 Å². The zero-order valence-electron chi connectivity index (χ0n) is 29.7. The van der Waals surface area contributed by atoms with Crippen molar-refractivity contribution in [1.29, 1.82) is 10.5 Å². The molecule has 2 aromatic carbocycles. The molecule has 14 nitrogen and oxygen atoms in total. The Bertz CT molecular complexity index is 1990. The monoisotopic (exact) mass is 704 g/mol. The average molecular weight is 705 g/mol. The Kier molecular flexibility index (Phi) is 10.3. The number of phenolic OH excluding ortho intramolecular Hbond substituents is 1. The SMILES string of the molecule is COc1cc(C2(C)[C@@H](O)C[C@H]2Nc2nc(NCCc3ccc(O)cc3)ncc2C#N)ccc1CCNc1ncc(C#N)c(N[C@@H]2C[C@H](O)C2(C)C)n1. The van der Waals surface area contributed by atoms with Crippen LogP contribution >= 0.6 is 0 Å². The summed E-state index contributed by atoms with van der Waals surface area (Å²) in [5.74, 6) is 2.47. The first kappa shape index (κ1) is 36.1. The third-order valence-corrected chi connectivity index (χ3v) is 10.8. The second-order valence-corrected chi connectivity index (χ2v) is 14.2. The summed E-state index contributed by atoms with van der Waals surface area (Å²) in [4.78, 5) is 17.8. The molecule has 270 valence electrons. The Labute approximate surface area is 303 Å². The molecule has 5 atom stereocenters. The lowest BCUT2D eigenvalue weighted by Crippen LogP contribution is -2.62. The number of anilines is 4. The van der Waals surface area contributed by atoms with Gasteiger partial charge >= 0.3 is 0 Å². The minimum atomic E-state index is -0.695. The predicted octanol–water partition coefficient (Wildman–Crippen LogP) is 4.11. The van der Waals surface area contributed by atoms with Crippen LogP contribution in [0.4, 0.5) is 23.5 Å². The van der Waals surface area contributed by atoms with E-state index in [1.165, 1.54) is 12.4 Å². The van der Waals surface area contributed by atoms with E-state index in [4.69, 9.17) is 4.74 Å². The Hall–Kier alpha value is -5.70. The zero-order chi connectivity index (χ0) is 37.0. The first-order chi connectivity index (χ1) is 25.0. The van der Waals surface area contributed by atoms with E-state index in [-0.39, 0.29) is 23.2 Å². The molecule has 2 heterocycles. The third kappa shape index (κ3) is 7.21. The van der Waals surface area contributed by atoms with E-state index in [1.807, 2.05) is 51.1 Å². The maximum Gasteiger partial charge on any atom is 0.224 e. The van der Waals surface area contributed by atoms with Crippen molar-refractivity contribution in [3.8, 4) is 23.6 Å². The average Bonchev–Trinajstić information content (AvgIpc) is 3.15. The highest BCUT2D eigenvalue weighted by Crippen LogP contribution is 2.47. The van der Waals surface area contributed by atoms with Gasteiger partial charge < -0.3 is 41.3 Å². The summed E-state index contributed by atoms with van der Waals surface area (Å²) in [6, 6.07) is 17.0. The Morgan fingerprint density at radius 1 is 0.808 bits per heavy atom. The van der Waals surface area contributed by atoms with Crippen molar-refractivity contribution in [2.24, 2.45) is 5.41 Å². The van der Waals surface area contributed by atoms with Gasteiger partial charge in [-0.25, -0.2) is 9.97 Å². The minimum absolute atomic E-state index is 0.0110. The molecule has 7 N–H and O–H groups in total. The Balaban J connectivity index is 1.10. The molecule has 2 fully saturated rings. The minimum Gasteiger partial charge on any atom is -0.508 e. The van der Waals surface area contributed by atoms with Crippen LogP contribution in [0.5, 0.6) is 11.5 Å². The van der Waals surface area contributed by atoms with Gasteiger partial charge in [-0.3, -0.25) is 0 Å². The highest BCUT2D eigenvalue weighted by atomic mass is 16.5. The highest BCUT2D eigenvalue weighted by Gasteiger charge is 2.53. The van der Waals surface area contributed by atoms with E-state index in [9.17, 15) is 25.8 Å². The molecule has 0 aliphatic heterocycles. The van der Waals surface area contributed by atoms with Crippen molar-refractivity contribution in [2.75, 3.05) is 41.5 Å². The molecule has 0 saturated heterocycles. The van der Waals surface area contributed by atoms with Crippen LogP contribution < -0.4 is 26.0 Å². The molecule has 14 heteroatoms. The number of aliphatic hydroxyl groups excluding tert-OH is 2. The number of nitriles is 2. The molecule has 6 rings (SSSR count). The number of ether oxygens (including phenoxy) is 1. The summed E-state index contributed by atoms with van der Waals surface area (Å²) in [5, 5.41) is 63.3. The van der Waals surface area contributed by atoms with Crippen molar-refractivity contribution in [3.63, 3.8) is 0 Å². The van der Waals surface area contributed by atoms with Gasteiger partial charge in [0.05, 0.1) is 31.7 Å². The van der Waals surface area contributed by atoms with Gasteiger partial charge in [0, 0.05) is 36.0 Å². The molecule has 2 aliphatic carbocycles. The van der Waals surface area contributed by atoms with E-state index < -0.39 is 17.6 Å². The van der Waals surface area contributed by atoms with E-state index in [0.29, 0.717) is 79.2 Å². The van der Waals surface area contributed by atoms with Crippen molar-refractivity contribution >= 4 is 23.5 Å². The van der Waals surface area contributed by atoms with Gasteiger partial charge in [0.15, 0.2) is 0 Å². The van der Waals surface area contributed by atoms with Crippen molar-refractivity contribution in [1.82, 2.24) is 19.9 Å². The lowest BCUT2D eigenvalue weighted by Gasteiger charge is -2.52. The van der Waals surface area contributed by atoms with Crippen LogP contribution in [0.15, 0.2) is 54.9 Å². The van der Waals surface area contributed by atoms with Crippen molar-refractivity contribution in [2.45, 2.75) is 76.2 Å². The molecule has 1 unspecified atom stereocenters. The molecule has 2 aromatic heterocycles. The van der Waals surface area contributed by atoms with E-state index in [1.54, 1.807) is 19.2 Å². The van der Waals surface area contributed by atoms with Crippen LogP contribution in [0, 0.1) is 28.1 Å². The molecule has 2 saturated carbocycles. The van der Waals surface area contributed by atoms with Crippen molar-refractivity contribution in [3.05, 3.63) is 82.7 Å². The molecule has 52 heavy (non-hydrogen) atoms. The third-order valence-electron chi connectivity index (χ3n) is 10.8. The number of benzene rings is 2. The summed E-state index contributed by atoms with van der Waals surface area (Å²) in [6.07, 6.45) is 4.25. The molecule has 2 aliphatic rings. The highest BCUT2D eigenvalue weighted by molar-refractivity contribution is 5.57. The van der Waals surface area contributed by atoms with Gasteiger partial charge in [0.2, 0.25) is 11.9 Å². The number of aliphatic hydroxyl groups is 2. The largest absolute Gasteiger partial charge is 0.508 e. The molecule has 0 spiro atoms. The summed E-state index contributed by atoms with van der Waals surface area (Å²) in [5.41, 5.74) is 2.49. The maximum atomic E-state index is 11.1. The number of nitrogens with one attached hydrogen (secondary N) is 4. The molecule has 0 radical (unpaired) electrons. The smallest absolute Gasteiger partial charge is 0.224 e. The van der Waals surface area contributed by atoms with Crippen LogP contribution in [0.25, 0.3) is 0 Å². The number of rotatable bonds is 14. The zero-order valence-corrected chi connectivity index (χ0v) is 29.7. The molecular weight excluding hydrogens is 660 g/mol. The molecule has 4 aromatic rings. The number of hydrogen-bond donors (Lipinski definition) is 7. The topological polar surface area (TPSA) is 217 Å². The quantitative estimate of drug-likeness (QED) is 0.0984. The first-order valence-corrected chi connectivity index (χ1v) is 17.3. The lowest BCUT2D eigenvalue weighted by molar-refractivity contribution is -0.0511. The number of aromatic hydroxyl groups is 1. The second-order valence-electron chi connectivity index (χ2n) is 14.2. The van der Waals surface area contributed by atoms with E-state index in [0.717, 1.165) is 16.7 Å². The summed E-state index contributed by atoms with van der Waals surface area (Å²) < 4.78 is 5.80. The predicted molar refractivity (Wildman–Crippen MR) is 196 cm³/mol. The number of nitrogens with zero attached hydrogens (tertiary/aromatic N) is 6. The van der Waals surface area contributed by atoms with Crippen LogP contribution in [0.1, 0.15) is 61.4 Å². The lowest BCUT2D eigenvalue weighted by atomic mass is 9.59. The van der Waals surface area contributed by atoms with Crippen LogP contribution in [-0.2, 0) is 18.3 Å².